The maximum absolute atomic E-state index is 4.31. The molecular weight excluding hydrogens is 214 g/mol. The van der Waals surface area contributed by atoms with Gasteiger partial charge in [-0.15, -0.1) is 0 Å². The highest BCUT2D eigenvalue weighted by Gasteiger charge is 2.07. The van der Waals surface area contributed by atoms with E-state index in [4.69, 9.17) is 0 Å². The third-order valence-electron chi connectivity index (χ3n) is 1.84. The van der Waals surface area contributed by atoms with Crippen molar-refractivity contribution in [1.82, 2.24) is 4.98 Å². The van der Waals surface area contributed by atoms with Gasteiger partial charge in [-0.2, -0.15) is 0 Å². The van der Waals surface area contributed by atoms with Gasteiger partial charge < -0.3 is 0 Å². The van der Waals surface area contributed by atoms with Gasteiger partial charge in [0.1, 0.15) is 0 Å². The Morgan fingerprint density at radius 3 is 2.50 bits per heavy atom. The third-order valence-corrected chi connectivity index (χ3v) is 2.31. The van der Waals surface area contributed by atoms with E-state index in [0.29, 0.717) is 5.92 Å². The Labute approximate surface area is 80.0 Å². The summed E-state index contributed by atoms with van der Waals surface area (Å²) in [6.45, 7) is 0. The molecule has 0 N–H and O–H groups in total. The van der Waals surface area contributed by atoms with Crippen molar-refractivity contribution in [2.45, 2.75) is 5.92 Å². The predicted molar refractivity (Wildman–Crippen MR) is 53.0 cm³/mol. The maximum atomic E-state index is 4.31. The van der Waals surface area contributed by atoms with Gasteiger partial charge in [-0.05, 0) is 28.1 Å². The second kappa shape index (κ2) is 3.23. The summed E-state index contributed by atoms with van der Waals surface area (Å²) in [7, 11) is 0. The molecule has 0 saturated heterocycles. The van der Waals surface area contributed by atoms with Crippen LogP contribution < -0.4 is 0 Å². The van der Waals surface area contributed by atoms with Crippen LogP contribution in [-0.4, -0.2) is 4.98 Å². The highest BCUT2D eigenvalue weighted by Crippen LogP contribution is 2.21. The van der Waals surface area contributed by atoms with Crippen LogP contribution in [0.4, 0.5) is 0 Å². The predicted octanol–water partition coefficient (Wildman–Crippen LogP) is 3.05. The Morgan fingerprint density at radius 2 is 1.92 bits per heavy atom. The van der Waals surface area contributed by atoms with Crippen molar-refractivity contribution in [2.75, 3.05) is 0 Å². The van der Waals surface area contributed by atoms with Crippen molar-refractivity contribution in [3.63, 3.8) is 0 Å². The van der Waals surface area contributed by atoms with Gasteiger partial charge >= 0.3 is 0 Å². The Balaban J connectivity index is 2.29. The zero-order valence-corrected chi connectivity index (χ0v) is 8.03. The Morgan fingerprint density at radius 1 is 1.17 bits per heavy atom. The highest BCUT2D eigenvalue weighted by molar-refractivity contribution is 9.10. The number of hydrogen-bond acceptors (Lipinski definition) is 1. The summed E-state index contributed by atoms with van der Waals surface area (Å²) in [5, 5.41) is 0. The minimum atomic E-state index is 0.373. The van der Waals surface area contributed by atoms with E-state index in [1.807, 2.05) is 30.5 Å². The molecule has 1 aromatic rings. The fourth-order valence-electron chi connectivity index (χ4n) is 1.21. The van der Waals surface area contributed by atoms with Crippen molar-refractivity contribution in [3.8, 4) is 0 Å². The molecule has 1 aromatic heterocycles. The van der Waals surface area contributed by atoms with Gasteiger partial charge in [-0.1, -0.05) is 24.3 Å². The van der Waals surface area contributed by atoms with Crippen LogP contribution in [0.25, 0.3) is 0 Å². The molecule has 12 heavy (non-hydrogen) atoms. The fourth-order valence-corrected chi connectivity index (χ4v) is 1.45. The lowest BCUT2D eigenvalue weighted by Gasteiger charge is -2.03. The van der Waals surface area contributed by atoms with E-state index >= 15 is 0 Å². The first-order valence-corrected chi connectivity index (χ1v) is 4.62. The monoisotopic (exact) mass is 221 g/mol. The van der Waals surface area contributed by atoms with Gasteiger partial charge in [-0.3, -0.25) is 4.98 Å². The number of pyridine rings is 1. The van der Waals surface area contributed by atoms with Gasteiger partial charge in [0, 0.05) is 16.6 Å². The van der Waals surface area contributed by atoms with Crippen molar-refractivity contribution < 1.29 is 0 Å². The molecule has 1 aliphatic carbocycles. The molecule has 0 saturated carbocycles. The Bertz CT molecular complexity index is 312. The summed E-state index contributed by atoms with van der Waals surface area (Å²) in [6.07, 6.45) is 10.2. The normalized spacial score (nSPS) is 15.8. The SMILES string of the molecule is Brc1ccc(C2C=CC=C2)nc1. The first-order chi connectivity index (χ1) is 5.86. The summed E-state index contributed by atoms with van der Waals surface area (Å²) < 4.78 is 1.03. The molecule has 1 heterocycles. The van der Waals surface area contributed by atoms with Crippen LogP contribution in [-0.2, 0) is 0 Å². The smallest absolute Gasteiger partial charge is 0.0511 e. The molecule has 0 radical (unpaired) electrons. The van der Waals surface area contributed by atoms with Gasteiger partial charge in [-0.25, -0.2) is 0 Å². The van der Waals surface area contributed by atoms with Crippen LogP contribution in [0.5, 0.6) is 0 Å². The molecule has 1 aliphatic rings. The number of aromatic nitrogens is 1. The summed E-state index contributed by atoms with van der Waals surface area (Å²) in [5.74, 6) is 0.373. The molecule has 1 nitrogen and oxygen atoms in total. The molecule has 0 fully saturated rings. The van der Waals surface area contributed by atoms with Gasteiger partial charge in [0.15, 0.2) is 0 Å². The van der Waals surface area contributed by atoms with Crippen molar-refractivity contribution in [2.24, 2.45) is 0 Å². The molecule has 0 spiro atoms. The van der Waals surface area contributed by atoms with Crippen LogP contribution in [0.15, 0.2) is 47.1 Å². The lowest BCUT2D eigenvalue weighted by Crippen LogP contribution is -1.91. The number of rotatable bonds is 1. The molecule has 0 unspecified atom stereocenters. The van der Waals surface area contributed by atoms with Crippen LogP contribution in [0.1, 0.15) is 11.6 Å². The summed E-state index contributed by atoms with van der Waals surface area (Å²) in [5.41, 5.74) is 1.10. The van der Waals surface area contributed by atoms with E-state index in [1.165, 1.54) is 0 Å². The molecule has 2 heteroatoms. The highest BCUT2D eigenvalue weighted by atomic mass is 79.9. The van der Waals surface area contributed by atoms with Crippen molar-refractivity contribution in [1.29, 1.82) is 0 Å². The Hall–Kier alpha value is -0.890. The van der Waals surface area contributed by atoms with Crippen LogP contribution in [0.2, 0.25) is 0 Å². The second-order valence-corrected chi connectivity index (χ2v) is 3.61. The maximum Gasteiger partial charge on any atom is 0.0511 e. The van der Waals surface area contributed by atoms with E-state index in [2.05, 4.69) is 33.1 Å². The quantitative estimate of drug-likeness (QED) is 0.711. The molecule has 0 atom stereocenters. The zero-order valence-electron chi connectivity index (χ0n) is 6.44. The summed E-state index contributed by atoms with van der Waals surface area (Å²) >= 11 is 3.36. The van der Waals surface area contributed by atoms with E-state index in [1.54, 1.807) is 0 Å². The topological polar surface area (TPSA) is 12.9 Å². The summed E-state index contributed by atoms with van der Waals surface area (Å²) in [6, 6.07) is 4.05. The average molecular weight is 222 g/mol. The average Bonchev–Trinajstić information content (AvgIpc) is 2.58. The largest absolute Gasteiger partial charge is 0.259 e. The van der Waals surface area contributed by atoms with E-state index in [0.717, 1.165) is 10.2 Å². The lowest BCUT2D eigenvalue weighted by molar-refractivity contribution is 1.00. The molecule has 2 rings (SSSR count). The first kappa shape index (κ1) is 7.74. The van der Waals surface area contributed by atoms with Crippen LogP contribution in [0, 0.1) is 0 Å². The molecular formula is C10H8BrN. The molecule has 0 amide bonds. The third kappa shape index (κ3) is 1.48. The zero-order chi connectivity index (χ0) is 8.39. The van der Waals surface area contributed by atoms with E-state index in [9.17, 15) is 0 Å². The van der Waals surface area contributed by atoms with Gasteiger partial charge in [0.2, 0.25) is 0 Å². The molecule has 0 aromatic carbocycles. The Kier molecular flexibility index (Phi) is 2.09. The van der Waals surface area contributed by atoms with Crippen molar-refractivity contribution >= 4 is 15.9 Å². The number of halogens is 1. The van der Waals surface area contributed by atoms with Crippen molar-refractivity contribution in [3.05, 3.63) is 52.8 Å². The lowest BCUT2D eigenvalue weighted by atomic mass is 10.1. The van der Waals surface area contributed by atoms with Crippen LogP contribution in [0.3, 0.4) is 0 Å². The molecule has 0 aliphatic heterocycles. The van der Waals surface area contributed by atoms with Gasteiger partial charge in [0.25, 0.3) is 0 Å². The number of hydrogen-bond donors (Lipinski definition) is 0. The summed E-state index contributed by atoms with van der Waals surface area (Å²) in [4.78, 5) is 4.31. The molecule has 60 valence electrons. The second-order valence-electron chi connectivity index (χ2n) is 2.70. The van der Waals surface area contributed by atoms with E-state index in [-0.39, 0.29) is 0 Å². The fraction of sp³-hybridized carbons (Fsp3) is 0.100. The standard InChI is InChI=1S/C10H8BrN/c11-9-5-6-10(12-7-9)8-3-1-2-4-8/h1-8H. The molecule has 0 bridgehead atoms. The van der Waals surface area contributed by atoms with Gasteiger partial charge in [0.05, 0.1) is 5.69 Å². The number of allylic oxidation sites excluding steroid dienone is 4. The minimum Gasteiger partial charge on any atom is -0.259 e. The first-order valence-electron chi connectivity index (χ1n) is 3.83. The van der Waals surface area contributed by atoms with Crippen LogP contribution >= 0.6 is 15.9 Å². The van der Waals surface area contributed by atoms with E-state index < -0.39 is 0 Å². The number of nitrogens with zero attached hydrogens (tertiary/aromatic N) is 1. The minimum absolute atomic E-state index is 0.373.